The van der Waals surface area contributed by atoms with Gasteiger partial charge in [0, 0.05) is 17.7 Å². The number of benzene rings is 1. The fraction of sp³-hybridized carbons (Fsp3) is 0.462. The van der Waals surface area contributed by atoms with Gasteiger partial charge in [0.2, 0.25) is 5.91 Å². The van der Waals surface area contributed by atoms with Gasteiger partial charge in [-0.05, 0) is 30.0 Å². The van der Waals surface area contributed by atoms with Crippen molar-refractivity contribution in [3.63, 3.8) is 0 Å². The van der Waals surface area contributed by atoms with Crippen molar-refractivity contribution in [1.82, 2.24) is 0 Å². The number of carbonyl (C=O) groups is 1. The van der Waals surface area contributed by atoms with Crippen LogP contribution in [0.15, 0.2) is 12.1 Å². The van der Waals surface area contributed by atoms with Crippen LogP contribution >= 0.6 is 11.6 Å². The topological polar surface area (TPSA) is 29.1 Å². The van der Waals surface area contributed by atoms with Crippen molar-refractivity contribution in [1.29, 1.82) is 0 Å². The third kappa shape index (κ3) is 2.44. The van der Waals surface area contributed by atoms with Crippen molar-refractivity contribution in [2.75, 3.05) is 5.32 Å². The van der Waals surface area contributed by atoms with E-state index in [0.717, 1.165) is 5.56 Å². The van der Waals surface area contributed by atoms with E-state index >= 15 is 0 Å². The van der Waals surface area contributed by atoms with Crippen LogP contribution in [-0.2, 0) is 11.2 Å². The standard InChI is InChI=1S/C13H15ClFNO/c1-7(2)13(14)9-5-8-3-4-12(17)16-11(8)6-10(9)15/h5-7,13H,3-4H2,1-2H3,(H,16,17). The molecule has 1 aliphatic heterocycles. The first-order valence-electron chi connectivity index (χ1n) is 5.75. The number of hydrogen-bond acceptors (Lipinski definition) is 1. The van der Waals surface area contributed by atoms with Crippen LogP contribution in [0.2, 0.25) is 0 Å². The summed E-state index contributed by atoms with van der Waals surface area (Å²) in [6.45, 7) is 3.91. The van der Waals surface area contributed by atoms with E-state index < -0.39 is 0 Å². The molecule has 17 heavy (non-hydrogen) atoms. The Morgan fingerprint density at radius 1 is 1.35 bits per heavy atom. The molecule has 2 nitrogen and oxygen atoms in total. The minimum Gasteiger partial charge on any atom is -0.326 e. The number of hydrogen-bond donors (Lipinski definition) is 1. The molecule has 0 aromatic heterocycles. The smallest absolute Gasteiger partial charge is 0.224 e. The van der Waals surface area contributed by atoms with Gasteiger partial charge in [0.1, 0.15) is 5.82 Å². The van der Waals surface area contributed by atoms with Crippen LogP contribution < -0.4 is 5.32 Å². The molecule has 0 spiro atoms. The van der Waals surface area contributed by atoms with E-state index in [-0.39, 0.29) is 23.0 Å². The van der Waals surface area contributed by atoms with E-state index in [4.69, 9.17) is 11.6 Å². The Bertz CT molecular complexity index is 459. The quantitative estimate of drug-likeness (QED) is 0.803. The molecule has 0 saturated carbocycles. The molecule has 0 bridgehead atoms. The summed E-state index contributed by atoms with van der Waals surface area (Å²) in [5.74, 6) is -0.238. The van der Waals surface area contributed by atoms with Gasteiger partial charge in [0.05, 0.1) is 5.38 Å². The predicted molar refractivity (Wildman–Crippen MR) is 66.8 cm³/mol. The van der Waals surface area contributed by atoms with Gasteiger partial charge in [-0.15, -0.1) is 11.6 Å². The van der Waals surface area contributed by atoms with Gasteiger partial charge < -0.3 is 5.32 Å². The van der Waals surface area contributed by atoms with Gasteiger partial charge in [-0.1, -0.05) is 13.8 Å². The fourth-order valence-electron chi connectivity index (χ4n) is 1.99. The average Bonchev–Trinajstić information content (AvgIpc) is 2.27. The number of anilines is 1. The van der Waals surface area contributed by atoms with Crippen LogP contribution in [0.5, 0.6) is 0 Å². The second kappa shape index (κ2) is 4.65. The SMILES string of the molecule is CC(C)C(Cl)c1cc2c(cc1F)NC(=O)CC2. The summed E-state index contributed by atoms with van der Waals surface area (Å²) < 4.78 is 13.9. The molecule has 1 atom stereocenters. The van der Waals surface area contributed by atoms with Gasteiger partial charge in [0.15, 0.2) is 0 Å². The molecular formula is C13H15ClFNO. The fourth-order valence-corrected chi connectivity index (χ4v) is 2.16. The molecular weight excluding hydrogens is 241 g/mol. The van der Waals surface area contributed by atoms with Gasteiger partial charge in [0.25, 0.3) is 0 Å². The molecule has 0 saturated heterocycles. The highest BCUT2D eigenvalue weighted by atomic mass is 35.5. The first kappa shape index (κ1) is 12.4. The maximum Gasteiger partial charge on any atom is 0.224 e. The van der Waals surface area contributed by atoms with Crippen molar-refractivity contribution >= 4 is 23.2 Å². The van der Waals surface area contributed by atoms with E-state index in [2.05, 4.69) is 5.32 Å². The van der Waals surface area contributed by atoms with Gasteiger partial charge in [-0.3, -0.25) is 4.79 Å². The Morgan fingerprint density at radius 3 is 2.71 bits per heavy atom. The molecule has 0 fully saturated rings. The maximum absolute atomic E-state index is 13.9. The second-order valence-electron chi connectivity index (χ2n) is 4.72. The maximum atomic E-state index is 13.9. The molecule has 2 rings (SSSR count). The normalized spacial score (nSPS) is 16.6. The van der Waals surface area contributed by atoms with Crippen LogP contribution in [0.4, 0.5) is 10.1 Å². The van der Waals surface area contributed by atoms with Crippen molar-refractivity contribution in [2.45, 2.75) is 32.1 Å². The van der Waals surface area contributed by atoms with Crippen molar-refractivity contribution in [2.24, 2.45) is 5.92 Å². The Balaban J connectivity index is 2.41. The van der Waals surface area contributed by atoms with Crippen LogP contribution in [0.25, 0.3) is 0 Å². The number of fused-ring (bicyclic) bond motifs is 1. The van der Waals surface area contributed by atoms with Gasteiger partial charge in [-0.25, -0.2) is 4.39 Å². The molecule has 4 heteroatoms. The molecule has 1 aromatic rings. The lowest BCUT2D eigenvalue weighted by Gasteiger charge is -2.21. The highest BCUT2D eigenvalue weighted by Crippen LogP contribution is 2.34. The number of nitrogens with one attached hydrogen (secondary N) is 1. The number of amides is 1. The summed E-state index contributed by atoms with van der Waals surface area (Å²) >= 11 is 6.19. The number of rotatable bonds is 2. The summed E-state index contributed by atoms with van der Waals surface area (Å²) in [6, 6.07) is 3.15. The van der Waals surface area contributed by atoms with Crippen LogP contribution in [0.3, 0.4) is 0 Å². The van der Waals surface area contributed by atoms with Crippen LogP contribution in [0.1, 0.15) is 36.8 Å². The minimum atomic E-state index is -0.348. The summed E-state index contributed by atoms with van der Waals surface area (Å²) in [4.78, 5) is 11.2. The molecule has 0 aliphatic carbocycles. The lowest BCUT2D eigenvalue weighted by atomic mass is 9.95. The van der Waals surface area contributed by atoms with Gasteiger partial charge >= 0.3 is 0 Å². The number of halogens is 2. The largest absolute Gasteiger partial charge is 0.326 e. The summed E-state index contributed by atoms with van der Waals surface area (Å²) in [5.41, 5.74) is 2.07. The molecule has 0 radical (unpaired) electrons. The zero-order valence-electron chi connectivity index (χ0n) is 9.89. The van der Waals surface area contributed by atoms with E-state index in [0.29, 0.717) is 24.1 Å². The highest BCUT2D eigenvalue weighted by molar-refractivity contribution is 6.21. The van der Waals surface area contributed by atoms with Crippen molar-refractivity contribution in [3.8, 4) is 0 Å². The lowest BCUT2D eigenvalue weighted by Crippen LogP contribution is -2.19. The zero-order chi connectivity index (χ0) is 12.6. The number of alkyl halides is 1. The van der Waals surface area contributed by atoms with E-state index in [1.807, 2.05) is 13.8 Å². The van der Waals surface area contributed by atoms with Crippen LogP contribution in [0, 0.1) is 11.7 Å². The summed E-state index contributed by atoms with van der Waals surface area (Å²) in [5, 5.41) is 2.34. The molecule has 1 unspecified atom stereocenters. The molecule has 1 aromatic carbocycles. The van der Waals surface area contributed by atoms with Gasteiger partial charge in [-0.2, -0.15) is 0 Å². The van der Waals surface area contributed by atoms with Crippen molar-refractivity contribution < 1.29 is 9.18 Å². The lowest BCUT2D eigenvalue weighted by molar-refractivity contribution is -0.116. The minimum absolute atomic E-state index is 0.0593. The van der Waals surface area contributed by atoms with E-state index in [9.17, 15) is 9.18 Å². The summed E-state index contributed by atoms with van der Waals surface area (Å²) in [6.07, 6.45) is 1.10. The summed E-state index contributed by atoms with van der Waals surface area (Å²) in [7, 11) is 0. The molecule has 1 heterocycles. The third-order valence-electron chi connectivity index (χ3n) is 3.00. The van der Waals surface area contributed by atoms with Crippen molar-refractivity contribution in [3.05, 3.63) is 29.1 Å². The zero-order valence-corrected chi connectivity index (χ0v) is 10.6. The molecule has 92 valence electrons. The Morgan fingerprint density at radius 2 is 2.06 bits per heavy atom. The third-order valence-corrected chi connectivity index (χ3v) is 3.74. The second-order valence-corrected chi connectivity index (χ2v) is 5.20. The highest BCUT2D eigenvalue weighted by Gasteiger charge is 2.22. The predicted octanol–water partition coefficient (Wildman–Crippen LogP) is 3.65. The molecule has 1 aliphatic rings. The first-order chi connectivity index (χ1) is 7.99. The Labute approximate surface area is 105 Å². The first-order valence-corrected chi connectivity index (χ1v) is 6.19. The number of carbonyl (C=O) groups excluding carboxylic acids is 1. The molecule has 1 N–H and O–H groups in total. The average molecular weight is 256 g/mol. The Kier molecular flexibility index (Phi) is 3.38. The monoisotopic (exact) mass is 255 g/mol. The Hall–Kier alpha value is -1.09. The molecule has 1 amide bonds. The van der Waals surface area contributed by atoms with E-state index in [1.165, 1.54) is 6.07 Å². The van der Waals surface area contributed by atoms with Crippen LogP contribution in [-0.4, -0.2) is 5.91 Å². The number of aryl methyl sites for hydroxylation is 1. The van der Waals surface area contributed by atoms with E-state index in [1.54, 1.807) is 6.07 Å².